The highest BCUT2D eigenvalue weighted by Gasteiger charge is 2.12. The Morgan fingerprint density at radius 3 is 2.85 bits per heavy atom. The van der Waals surface area contributed by atoms with E-state index >= 15 is 0 Å². The van der Waals surface area contributed by atoms with Crippen molar-refractivity contribution in [2.45, 2.75) is 24.3 Å². The molecule has 0 unspecified atom stereocenters. The Hall–Kier alpha value is -1.96. The Labute approximate surface area is 165 Å². The first-order chi connectivity index (χ1) is 12.7. The molecule has 0 aliphatic rings. The molecule has 0 aliphatic heterocycles. The molecule has 0 aliphatic carbocycles. The highest BCUT2D eigenvalue weighted by Crippen LogP contribution is 2.28. The fourth-order valence-electron chi connectivity index (χ4n) is 2.62. The molecule has 1 aromatic carbocycles. The minimum absolute atomic E-state index is 0.799. The Bertz CT molecular complexity index is 1000. The normalized spacial score (nSPS) is 11.2. The number of rotatable bonds is 6. The monoisotopic (exact) mass is 398 g/mol. The summed E-state index contributed by atoms with van der Waals surface area (Å²) in [6.45, 7) is 2.11. The molecular formula is C19H18N4S3. The maximum Gasteiger partial charge on any atom is 0.191 e. The predicted molar refractivity (Wildman–Crippen MR) is 110 cm³/mol. The summed E-state index contributed by atoms with van der Waals surface area (Å²) in [5.74, 6) is 1.79. The molecule has 132 valence electrons. The van der Waals surface area contributed by atoms with Gasteiger partial charge in [0, 0.05) is 35.0 Å². The Morgan fingerprint density at radius 1 is 1.12 bits per heavy atom. The molecule has 0 atom stereocenters. The second-order valence-corrected chi connectivity index (χ2v) is 8.85. The Morgan fingerprint density at radius 2 is 2.04 bits per heavy atom. The summed E-state index contributed by atoms with van der Waals surface area (Å²) >= 11 is 5.13. The molecule has 0 bridgehead atoms. The van der Waals surface area contributed by atoms with Crippen LogP contribution in [0.1, 0.15) is 22.0 Å². The van der Waals surface area contributed by atoms with Crippen molar-refractivity contribution < 1.29 is 0 Å². The lowest BCUT2D eigenvalue weighted by molar-refractivity contribution is 0.750. The third-order valence-electron chi connectivity index (χ3n) is 4.00. The van der Waals surface area contributed by atoms with Crippen LogP contribution in [0, 0.1) is 6.92 Å². The number of hydrogen-bond acceptors (Lipinski definition) is 6. The summed E-state index contributed by atoms with van der Waals surface area (Å²) in [6, 6.07) is 12.7. The van der Waals surface area contributed by atoms with E-state index in [0.717, 1.165) is 33.9 Å². The van der Waals surface area contributed by atoms with Crippen LogP contribution in [0.4, 0.5) is 0 Å². The molecule has 4 nitrogen and oxygen atoms in total. The van der Waals surface area contributed by atoms with Crippen LogP contribution in [-0.2, 0) is 19.2 Å². The number of thiophene rings is 1. The quantitative estimate of drug-likeness (QED) is 0.419. The second kappa shape index (κ2) is 7.73. The lowest BCUT2D eigenvalue weighted by Gasteiger charge is -2.02. The summed E-state index contributed by atoms with van der Waals surface area (Å²) in [6.07, 6.45) is 0.829. The summed E-state index contributed by atoms with van der Waals surface area (Å²) in [7, 11) is 2.03. The molecule has 0 fully saturated rings. The minimum Gasteiger partial charge on any atom is -0.309 e. The third kappa shape index (κ3) is 3.90. The standard InChI is InChI=1S/C19H18N4S3/c1-13-5-3-6-14(9-13)18-20-15(11-25-18)12-26-19-22-21-17(23(19)2)10-16-7-4-8-24-16/h3-9,11H,10,12H2,1-2H3. The van der Waals surface area contributed by atoms with Crippen molar-refractivity contribution in [3.8, 4) is 10.6 Å². The van der Waals surface area contributed by atoms with Crippen molar-refractivity contribution in [2.75, 3.05) is 0 Å². The first kappa shape index (κ1) is 17.5. The maximum absolute atomic E-state index is 4.78. The fourth-order valence-corrected chi connectivity index (χ4v) is 5.06. The fraction of sp³-hybridized carbons (Fsp3) is 0.211. The van der Waals surface area contributed by atoms with Crippen molar-refractivity contribution in [1.29, 1.82) is 0 Å². The van der Waals surface area contributed by atoms with Gasteiger partial charge in [0.2, 0.25) is 0 Å². The molecule has 0 spiro atoms. The first-order valence-electron chi connectivity index (χ1n) is 8.24. The van der Waals surface area contributed by atoms with Crippen LogP contribution in [-0.4, -0.2) is 19.7 Å². The minimum atomic E-state index is 0.799. The Kier molecular flexibility index (Phi) is 5.19. The smallest absolute Gasteiger partial charge is 0.191 e. The zero-order valence-corrected chi connectivity index (χ0v) is 17.0. The van der Waals surface area contributed by atoms with E-state index in [1.165, 1.54) is 16.0 Å². The van der Waals surface area contributed by atoms with Crippen molar-refractivity contribution in [1.82, 2.24) is 19.7 Å². The van der Waals surface area contributed by atoms with Crippen LogP contribution in [0.15, 0.2) is 52.3 Å². The molecule has 3 aromatic heterocycles. The van der Waals surface area contributed by atoms with Gasteiger partial charge in [-0.25, -0.2) is 4.98 Å². The van der Waals surface area contributed by atoms with Gasteiger partial charge in [-0.05, 0) is 24.4 Å². The molecule has 0 N–H and O–H groups in total. The summed E-state index contributed by atoms with van der Waals surface area (Å²) < 4.78 is 2.08. The molecule has 0 amide bonds. The average molecular weight is 399 g/mol. The van der Waals surface area contributed by atoms with Gasteiger partial charge in [0.15, 0.2) is 5.16 Å². The van der Waals surface area contributed by atoms with E-state index < -0.39 is 0 Å². The number of thioether (sulfide) groups is 1. The van der Waals surface area contributed by atoms with Crippen LogP contribution in [0.3, 0.4) is 0 Å². The largest absolute Gasteiger partial charge is 0.309 e. The van der Waals surface area contributed by atoms with Crippen molar-refractivity contribution in [2.24, 2.45) is 7.05 Å². The molecule has 26 heavy (non-hydrogen) atoms. The lowest BCUT2D eigenvalue weighted by atomic mass is 10.1. The van der Waals surface area contributed by atoms with Gasteiger partial charge < -0.3 is 4.57 Å². The number of hydrogen-bond donors (Lipinski definition) is 0. The summed E-state index contributed by atoms with van der Waals surface area (Å²) in [5.41, 5.74) is 3.52. The Balaban J connectivity index is 1.42. The van der Waals surface area contributed by atoms with Gasteiger partial charge >= 0.3 is 0 Å². The zero-order chi connectivity index (χ0) is 17.9. The van der Waals surface area contributed by atoms with Gasteiger partial charge in [0.1, 0.15) is 10.8 Å². The van der Waals surface area contributed by atoms with E-state index in [4.69, 9.17) is 4.98 Å². The molecule has 0 saturated heterocycles. The van der Waals surface area contributed by atoms with E-state index in [1.54, 1.807) is 34.4 Å². The number of thiazole rings is 1. The predicted octanol–water partition coefficient (Wildman–Crippen LogP) is 5.19. The zero-order valence-electron chi connectivity index (χ0n) is 14.5. The van der Waals surface area contributed by atoms with E-state index in [9.17, 15) is 0 Å². The highest BCUT2D eigenvalue weighted by molar-refractivity contribution is 7.98. The van der Waals surface area contributed by atoms with Crippen LogP contribution < -0.4 is 0 Å². The maximum atomic E-state index is 4.78. The molecule has 0 saturated carbocycles. The molecule has 3 heterocycles. The van der Waals surface area contributed by atoms with Crippen molar-refractivity contribution in [3.63, 3.8) is 0 Å². The van der Waals surface area contributed by atoms with Crippen LogP contribution in [0.2, 0.25) is 0 Å². The SMILES string of the molecule is Cc1cccc(-c2nc(CSc3nnc(Cc4cccs4)n3C)cs2)c1. The van der Waals surface area contributed by atoms with E-state index in [0.29, 0.717) is 0 Å². The van der Waals surface area contributed by atoms with E-state index in [1.807, 2.05) is 7.05 Å². The van der Waals surface area contributed by atoms with Crippen molar-refractivity contribution in [3.05, 3.63) is 69.1 Å². The number of aryl methyl sites for hydroxylation is 1. The third-order valence-corrected chi connectivity index (χ3v) is 6.87. The van der Waals surface area contributed by atoms with Crippen LogP contribution >= 0.6 is 34.4 Å². The topological polar surface area (TPSA) is 43.6 Å². The average Bonchev–Trinajstić information content (AvgIpc) is 3.37. The molecular weight excluding hydrogens is 380 g/mol. The van der Waals surface area contributed by atoms with Crippen LogP contribution in [0.25, 0.3) is 10.6 Å². The highest BCUT2D eigenvalue weighted by atomic mass is 32.2. The second-order valence-electron chi connectivity index (χ2n) is 6.02. The molecule has 0 radical (unpaired) electrons. The molecule has 4 aromatic rings. The summed E-state index contributed by atoms with van der Waals surface area (Å²) in [4.78, 5) is 6.08. The first-order valence-corrected chi connectivity index (χ1v) is 11.0. The number of aromatic nitrogens is 4. The van der Waals surface area contributed by atoms with E-state index in [-0.39, 0.29) is 0 Å². The van der Waals surface area contributed by atoms with Crippen LogP contribution in [0.5, 0.6) is 0 Å². The van der Waals surface area contributed by atoms with Gasteiger partial charge in [0.05, 0.1) is 5.69 Å². The van der Waals surface area contributed by atoms with E-state index in [2.05, 4.69) is 68.8 Å². The van der Waals surface area contributed by atoms with Gasteiger partial charge in [-0.3, -0.25) is 0 Å². The molecule has 7 heteroatoms. The summed E-state index contributed by atoms with van der Waals surface area (Å²) in [5, 5.41) is 14.9. The van der Waals surface area contributed by atoms with Gasteiger partial charge in [-0.2, -0.15) is 0 Å². The molecule has 4 rings (SSSR count). The van der Waals surface area contributed by atoms with Gasteiger partial charge in [-0.1, -0.05) is 41.6 Å². The number of nitrogens with zero attached hydrogens (tertiary/aromatic N) is 4. The van der Waals surface area contributed by atoms with Gasteiger partial charge in [-0.15, -0.1) is 32.9 Å². The lowest BCUT2D eigenvalue weighted by Crippen LogP contribution is -1.99. The van der Waals surface area contributed by atoms with Crippen molar-refractivity contribution >= 4 is 34.4 Å². The van der Waals surface area contributed by atoms with Gasteiger partial charge in [0.25, 0.3) is 0 Å². The number of benzene rings is 1.